The van der Waals surface area contributed by atoms with Gasteiger partial charge in [0.2, 0.25) is 5.91 Å². The molecule has 0 spiro atoms. The van der Waals surface area contributed by atoms with E-state index >= 15 is 0 Å². The van der Waals surface area contributed by atoms with Gasteiger partial charge in [0.15, 0.2) is 0 Å². The molecule has 5 heteroatoms. The van der Waals surface area contributed by atoms with Gasteiger partial charge in [0.25, 0.3) is 0 Å². The lowest BCUT2D eigenvalue weighted by Gasteiger charge is -2.26. The second kappa shape index (κ2) is 57.7. The number of carbonyl (C=O) groups excluding carboxylic acids is 1. The van der Waals surface area contributed by atoms with E-state index in [1.807, 2.05) is 0 Å². The molecule has 0 radical (unpaired) electrons. The van der Waals surface area contributed by atoms with Gasteiger partial charge in [-0.15, -0.1) is 0 Å². The molecule has 0 bridgehead atoms. The van der Waals surface area contributed by atoms with Crippen LogP contribution in [0.25, 0.3) is 0 Å². The molecule has 0 aromatic heterocycles. The molecule has 0 saturated heterocycles. The lowest BCUT2D eigenvalue weighted by molar-refractivity contribution is -0.124. The number of carbonyl (C=O) groups is 1. The first kappa shape index (κ1) is 66.1. The summed E-state index contributed by atoms with van der Waals surface area (Å²) in [7, 11) is 0. The number of rotatable bonds is 58. The smallest absolute Gasteiger partial charge is 0.220 e. The van der Waals surface area contributed by atoms with E-state index in [1.54, 1.807) is 0 Å². The summed E-state index contributed by atoms with van der Waals surface area (Å²) in [5, 5.41) is 33.9. The molecule has 0 saturated carbocycles. The fraction of sp³-hybridized carbons (Fsp3) is 0.952. The van der Waals surface area contributed by atoms with E-state index in [2.05, 4.69) is 31.3 Å². The van der Waals surface area contributed by atoms with Crippen molar-refractivity contribution in [2.45, 2.75) is 372 Å². The minimum atomic E-state index is -1.13. The zero-order valence-electron chi connectivity index (χ0n) is 45.8. The first-order valence-electron chi connectivity index (χ1n) is 31.0. The Morgan fingerprint density at radius 3 is 0.866 bits per heavy atom. The first-order chi connectivity index (χ1) is 33.1. The van der Waals surface area contributed by atoms with E-state index in [1.165, 1.54) is 295 Å². The van der Waals surface area contributed by atoms with E-state index in [9.17, 15) is 20.1 Å². The highest BCUT2D eigenvalue weighted by Crippen LogP contribution is 2.19. The zero-order valence-corrected chi connectivity index (χ0v) is 45.8. The van der Waals surface area contributed by atoms with Crippen molar-refractivity contribution in [3.63, 3.8) is 0 Å². The van der Waals surface area contributed by atoms with Crippen LogP contribution >= 0.6 is 0 Å². The minimum absolute atomic E-state index is 0.137. The van der Waals surface area contributed by atoms with Crippen LogP contribution in [-0.4, -0.2) is 46.1 Å². The Morgan fingerprint density at radius 1 is 0.358 bits per heavy atom. The number of aliphatic hydroxyl groups is 3. The predicted octanol–water partition coefficient (Wildman–Crippen LogP) is 19.5. The Hall–Kier alpha value is -0.910. The Balaban J connectivity index is 3.48. The number of hydrogen-bond acceptors (Lipinski definition) is 4. The molecule has 3 unspecified atom stereocenters. The number of unbranched alkanes of at least 4 members (excludes halogenated alkanes) is 48. The summed E-state index contributed by atoms with van der Waals surface area (Å²) in [5.74, 6) is -0.137. The number of amides is 1. The molecule has 0 aliphatic carbocycles. The molecule has 0 aromatic rings. The van der Waals surface area contributed by atoms with Crippen molar-refractivity contribution in [2.75, 3.05) is 6.61 Å². The van der Waals surface area contributed by atoms with Crippen LogP contribution in [0.4, 0.5) is 0 Å². The van der Waals surface area contributed by atoms with E-state index in [4.69, 9.17) is 0 Å². The van der Waals surface area contributed by atoms with Crippen molar-refractivity contribution >= 4 is 5.91 Å². The molecule has 3 atom stereocenters. The van der Waals surface area contributed by atoms with Gasteiger partial charge < -0.3 is 20.6 Å². The van der Waals surface area contributed by atoms with Crippen molar-refractivity contribution in [1.29, 1.82) is 0 Å². The molecule has 0 fully saturated rings. The Bertz CT molecular complexity index is 956. The highest BCUT2D eigenvalue weighted by molar-refractivity contribution is 5.76. The Morgan fingerprint density at radius 2 is 0.597 bits per heavy atom. The fourth-order valence-corrected chi connectivity index (χ4v) is 10.1. The SMILES string of the molecule is CCCCCCCCCCCCCC/C=C\CCCCCCCCCCCCCCCCCC(=O)NC(CO)C(O)C(O)CCCCCCCCCCCCCCCCCCCCCCCC. The van der Waals surface area contributed by atoms with Crippen LogP contribution in [0, 0.1) is 0 Å². The largest absolute Gasteiger partial charge is 0.394 e. The van der Waals surface area contributed by atoms with Crippen LogP contribution in [-0.2, 0) is 4.79 Å². The van der Waals surface area contributed by atoms with E-state index in [0.717, 1.165) is 32.1 Å². The highest BCUT2D eigenvalue weighted by Gasteiger charge is 2.26. The van der Waals surface area contributed by atoms with Gasteiger partial charge in [-0.3, -0.25) is 4.79 Å². The number of hydrogen-bond donors (Lipinski definition) is 4. The molecule has 5 nitrogen and oxygen atoms in total. The Kier molecular flexibility index (Phi) is 56.9. The van der Waals surface area contributed by atoms with Crippen LogP contribution in [0.1, 0.15) is 354 Å². The van der Waals surface area contributed by atoms with Crippen molar-refractivity contribution in [3.05, 3.63) is 12.2 Å². The van der Waals surface area contributed by atoms with Gasteiger partial charge in [0.1, 0.15) is 6.10 Å². The highest BCUT2D eigenvalue weighted by atomic mass is 16.3. The normalized spacial score (nSPS) is 13.2. The molecule has 400 valence electrons. The molecule has 67 heavy (non-hydrogen) atoms. The molecule has 0 aliphatic heterocycles. The van der Waals surface area contributed by atoms with E-state index in [0.29, 0.717) is 12.8 Å². The summed E-state index contributed by atoms with van der Waals surface area (Å²) >= 11 is 0. The van der Waals surface area contributed by atoms with Crippen LogP contribution in [0.15, 0.2) is 12.2 Å². The second-order valence-corrected chi connectivity index (χ2v) is 21.6. The van der Waals surface area contributed by atoms with Gasteiger partial charge in [0.05, 0.1) is 18.8 Å². The summed E-state index contributed by atoms with van der Waals surface area (Å²) in [4.78, 5) is 12.5. The molecule has 0 heterocycles. The summed E-state index contributed by atoms with van der Waals surface area (Å²) in [5.41, 5.74) is 0. The van der Waals surface area contributed by atoms with Crippen LogP contribution in [0.2, 0.25) is 0 Å². The maximum absolute atomic E-state index is 12.5. The van der Waals surface area contributed by atoms with Crippen molar-refractivity contribution in [2.24, 2.45) is 0 Å². The van der Waals surface area contributed by atoms with Gasteiger partial charge in [-0.25, -0.2) is 0 Å². The summed E-state index contributed by atoms with van der Waals surface area (Å²) in [6.07, 6.45) is 72.5. The predicted molar refractivity (Wildman–Crippen MR) is 296 cm³/mol. The average Bonchev–Trinajstić information content (AvgIpc) is 3.33. The lowest BCUT2D eigenvalue weighted by atomic mass is 9.99. The minimum Gasteiger partial charge on any atom is -0.394 e. The zero-order chi connectivity index (χ0) is 48.6. The van der Waals surface area contributed by atoms with Crippen LogP contribution in [0.3, 0.4) is 0 Å². The monoisotopic (exact) mass is 946 g/mol. The summed E-state index contributed by atoms with van der Waals surface area (Å²) < 4.78 is 0. The third kappa shape index (κ3) is 52.7. The second-order valence-electron chi connectivity index (χ2n) is 21.6. The summed E-state index contributed by atoms with van der Waals surface area (Å²) in [6, 6.07) is -0.807. The van der Waals surface area contributed by atoms with Crippen molar-refractivity contribution in [1.82, 2.24) is 5.32 Å². The third-order valence-corrected chi connectivity index (χ3v) is 14.9. The maximum Gasteiger partial charge on any atom is 0.220 e. The first-order valence-corrected chi connectivity index (χ1v) is 31.0. The lowest BCUT2D eigenvalue weighted by Crippen LogP contribution is -2.50. The van der Waals surface area contributed by atoms with E-state index < -0.39 is 18.2 Å². The van der Waals surface area contributed by atoms with Crippen LogP contribution in [0.5, 0.6) is 0 Å². The Labute approximate surface area is 420 Å². The maximum atomic E-state index is 12.5. The number of aliphatic hydroxyl groups excluding tert-OH is 3. The molecular weight excluding hydrogens is 823 g/mol. The summed E-state index contributed by atoms with van der Waals surface area (Å²) in [6.45, 7) is 4.23. The van der Waals surface area contributed by atoms with E-state index in [-0.39, 0.29) is 12.5 Å². The standard InChI is InChI=1S/C62H123NO4/c1-3-5-7-9-11-13-15-17-19-21-23-25-27-28-29-30-31-32-33-34-35-37-39-41-43-45-47-49-51-53-55-57-61(66)63-59(58-64)62(67)60(65)56-54-52-50-48-46-44-42-40-38-36-26-24-22-20-18-16-14-12-10-8-6-4-2/h28-29,59-60,62,64-65,67H,3-27,30-58H2,1-2H3,(H,63,66)/b29-28-. The number of nitrogens with one attached hydrogen (secondary N) is 1. The topological polar surface area (TPSA) is 89.8 Å². The van der Waals surface area contributed by atoms with Gasteiger partial charge in [0, 0.05) is 6.42 Å². The molecular formula is C62H123NO4. The van der Waals surface area contributed by atoms with Gasteiger partial charge in [-0.1, -0.05) is 321 Å². The number of allylic oxidation sites excluding steroid dienone is 2. The van der Waals surface area contributed by atoms with Crippen molar-refractivity contribution in [3.8, 4) is 0 Å². The van der Waals surface area contributed by atoms with Gasteiger partial charge in [-0.05, 0) is 38.5 Å². The molecule has 1 amide bonds. The molecule has 0 aliphatic rings. The van der Waals surface area contributed by atoms with Crippen LogP contribution < -0.4 is 5.32 Å². The third-order valence-electron chi connectivity index (χ3n) is 14.9. The molecule has 4 N–H and O–H groups in total. The molecule has 0 aromatic carbocycles. The quantitative estimate of drug-likeness (QED) is 0.0361. The fourth-order valence-electron chi connectivity index (χ4n) is 10.1. The van der Waals surface area contributed by atoms with Gasteiger partial charge in [-0.2, -0.15) is 0 Å². The molecule has 0 rings (SSSR count). The average molecular weight is 947 g/mol. The van der Waals surface area contributed by atoms with Crippen molar-refractivity contribution < 1.29 is 20.1 Å². The van der Waals surface area contributed by atoms with Gasteiger partial charge >= 0.3 is 0 Å².